The van der Waals surface area contributed by atoms with Crippen molar-refractivity contribution < 1.29 is 22.7 Å². The number of carbonyl (C=O) groups is 1. The van der Waals surface area contributed by atoms with E-state index < -0.39 is 21.4 Å². The van der Waals surface area contributed by atoms with Gasteiger partial charge in [0.2, 0.25) is 5.76 Å². The summed E-state index contributed by atoms with van der Waals surface area (Å²) in [5.41, 5.74) is 2.60. The largest absolute Gasteiger partial charge is 0.449 e. The number of thiazole rings is 1. The highest BCUT2D eigenvalue weighted by Gasteiger charge is 2.43. The number of rotatable bonds is 4. The Hall–Kier alpha value is -2.78. The highest BCUT2D eigenvalue weighted by Crippen LogP contribution is 2.40. The van der Waals surface area contributed by atoms with Crippen LogP contribution in [-0.2, 0) is 19.4 Å². The zero-order chi connectivity index (χ0) is 20.1. The minimum absolute atomic E-state index is 0.0495. The van der Waals surface area contributed by atoms with Crippen molar-refractivity contribution in [2.24, 2.45) is 0 Å². The molecular formula is C19H16N2O5S2. The lowest BCUT2D eigenvalue weighted by atomic mass is 9.92. The Kier molecular flexibility index (Phi) is 4.24. The van der Waals surface area contributed by atoms with E-state index in [1.165, 1.54) is 29.7 Å². The van der Waals surface area contributed by atoms with Gasteiger partial charge in [-0.25, -0.2) is 23.2 Å². The summed E-state index contributed by atoms with van der Waals surface area (Å²) >= 11 is 1.41. The van der Waals surface area contributed by atoms with Gasteiger partial charge in [0.25, 0.3) is 0 Å². The second-order valence-corrected chi connectivity index (χ2v) is 9.70. The summed E-state index contributed by atoms with van der Waals surface area (Å²) in [6.45, 7) is 3.51. The molecule has 0 spiro atoms. The Morgan fingerprint density at radius 1 is 1.14 bits per heavy atom. The third kappa shape index (κ3) is 3.27. The summed E-state index contributed by atoms with van der Waals surface area (Å²) in [5.74, 6) is -0.174. The number of pyridine rings is 1. The first-order valence-corrected chi connectivity index (χ1v) is 11.1. The fraction of sp³-hybridized carbons (Fsp3) is 0.211. The number of sulfone groups is 1. The molecular weight excluding hydrogens is 400 g/mol. The van der Waals surface area contributed by atoms with E-state index >= 15 is 0 Å². The quantitative estimate of drug-likeness (QED) is 0.603. The zero-order valence-corrected chi connectivity index (χ0v) is 16.9. The van der Waals surface area contributed by atoms with Gasteiger partial charge in [0.05, 0.1) is 22.2 Å². The van der Waals surface area contributed by atoms with Crippen LogP contribution >= 0.6 is 11.3 Å². The van der Waals surface area contributed by atoms with Crippen LogP contribution in [0.3, 0.4) is 0 Å². The molecule has 3 heterocycles. The second kappa shape index (κ2) is 6.39. The zero-order valence-electron chi connectivity index (χ0n) is 15.3. The molecule has 0 saturated heterocycles. The Bertz CT molecular complexity index is 1220. The van der Waals surface area contributed by atoms with Crippen molar-refractivity contribution in [2.45, 2.75) is 24.3 Å². The molecule has 0 unspecified atom stereocenters. The van der Waals surface area contributed by atoms with Crippen molar-refractivity contribution in [1.82, 2.24) is 9.97 Å². The van der Waals surface area contributed by atoms with E-state index in [1.807, 2.05) is 0 Å². The Labute approximate surface area is 165 Å². The molecule has 0 atom stereocenters. The molecule has 0 bridgehead atoms. The maximum atomic E-state index is 12.5. The summed E-state index contributed by atoms with van der Waals surface area (Å²) in [4.78, 5) is 21.9. The molecule has 0 N–H and O–H groups in total. The topological polar surface area (TPSA) is 95.4 Å². The van der Waals surface area contributed by atoms with E-state index in [-0.39, 0.29) is 10.7 Å². The smallest absolute Gasteiger partial charge is 0.375 e. The molecule has 0 fully saturated rings. The minimum Gasteiger partial charge on any atom is -0.449 e. The summed E-state index contributed by atoms with van der Waals surface area (Å²) in [6, 6.07) is 7.98. The van der Waals surface area contributed by atoms with Crippen molar-refractivity contribution in [3.63, 3.8) is 0 Å². The lowest BCUT2D eigenvalue weighted by Crippen LogP contribution is -2.22. The normalized spacial score (nSPS) is 16.5. The van der Waals surface area contributed by atoms with Gasteiger partial charge in [-0.3, -0.25) is 0 Å². The van der Waals surface area contributed by atoms with Gasteiger partial charge < -0.3 is 9.47 Å². The molecule has 0 amide bonds. The molecule has 9 heteroatoms. The summed E-state index contributed by atoms with van der Waals surface area (Å²) in [6.07, 6.45) is 2.67. The highest BCUT2D eigenvalue weighted by atomic mass is 32.2. The minimum atomic E-state index is -3.32. The highest BCUT2D eigenvalue weighted by molar-refractivity contribution is 7.90. The number of esters is 1. The Morgan fingerprint density at radius 2 is 1.86 bits per heavy atom. The molecule has 144 valence electrons. The molecule has 1 aliphatic heterocycles. The Balaban J connectivity index is 1.79. The van der Waals surface area contributed by atoms with Crippen LogP contribution < -0.4 is 4.74 Å². The number of nitrogens with zero attached hydrogens (tertiary/aromatic N) is 2. The Morgan fingerprint density at radius 3 is 2.54 bits per heavy atom. The van der Waals surface area contributed by atoms with Crippen molar-refractivity contribution in [1.29, 1.82) is 0 Å². The summed E-state index contributed by atoms with van der Waals surface area (Å²) in [5, 5.41) is 0. The van der Waals surface area contributed by atoms with Crippen LogP contribution in [0.15, 0.2) is 52.7 Å². The number of carbonyl (C=O) groups excluding carboxylic acids is 1. The van der Waals surface area contributed by atoms with E-state index in [4.69, 9.17) is 9.47 Å². The third-order valence-electron chi connectivity index (χ3n) is 4.32. The third-order valence-corrected chi connectivity index (χ3v) is 6.19. The van der Waals surface area contributed by atoms with Gasteiger partial charge in [-0.05, 0) is 31.5 Å². The molecule has 0 radical (unpaired) electrons. The van der Waals surface area contributed by atoms with Crippen LogP contribution in [0.5, 0.6) is 5.75 Å². The maximum Gasteiger partial charge on any atom is 0.375 e. The van der Waals surface area contributed by atoms with E-state index in [2.05, 4.69) is 9.97 Å². The lowest BCUT2D eigenvalue weighted by Gasteiger charge is -2.21. The van der Waals surface area contributed by atoms with Crippen molar-refractivity contribution in [3.05, 3.63) is 53.4 Å². The van der Waals surface area contributed by atoms with Crippen LogP contribution in [0.2, 0.25) is 0 Å². The number of hydrogen-bond donors (Lipinski definition) is 0. The molecule has 0 saturated carbocycles. The maximum absolute atomic E-state index is 12.5. The van der Waals surface area contributed by atoms with Crippen LogP contribution in [0.1, 0.15) is 19.4 Å². The summed E-state index contributed by atoms with van der Waals surface area (Å²) < 4.78 is 34.8. The average molecular weight is 416 g/mol. The van der Waals surface area contributed by atoms with Gasteiger partial charge in [0.1, 0.15) is 21.7 Å². The molecule has 1 aromatic carbocycles. The molecule has 4 rings (SSSR count). The first-order valence-electron chi connectivity index (χ1n) is 8.31. The predicted molar refractivity (Wildman–Crippen MR) is 105 cm³/mol. The number of benzene rings is 1. The number of ether oxygens (including phenoxy) is 2. The van der Waals surface area contributed by atoms with Crippen molar-refractivity contribution >= 4 is 43.1 Å². The lowest BCUT2D eigenvalue weighted by molar-refractivity contribution is -0.145. The van der Waals surface area contributed by atoms with Gasteiger partial charge in [0.15, 0.2) is 9.84 Å². The fourth-order valence-electron chi connectivity index (χ4n) is 3.06. The standard InChI is InChI=1S/C19H16N2O5S2/c1-19(2)15(11-4-6-13(7-5-11)28(3,23)24)16(18(22)26-19)25-12-8-14-17(20-9-12)27-10-21-14/h4-10H,1-3H3. The van der Waals surface area contributed by atoms with Crippen LogP contribution in [0.25, 0.3) is 15.9 Å². The number of fused-ring (bicyclic) bond motifs is 1. The molecule has 0 aliphatic carbocycles. The van der Waals surface area contributed by atoms with Gasteiger partial charge in [-0.2, -0.15) is 0 Å². The van der Waals surface area contributed by atoms with Gasteiger partial charge in [0, 0.05) is 12.3 Å². The molecule has 7 nitrogen and oxygen atoms in total. The first-order chi connectivity index (χ1) is 13.1. The molecule has 1 aliphatic rings. The average Bonchev–Trinajstić information content (AvgIpc) is 3.16. The summed E-state index contributed by atoms with van der Waals surface area (Å²) in [7, 11) is -3.32. The van der Waals surface area contributed by atoms with Gasteiger partial charge in [-0.1, -0.05) is 12.1 Å². The van der Waals surface area contributed by atoms with Gasteiger partial charge >= 0.3 is 5.97 Å². The van der Waals surface area contributed by atoms with E-state index in [9.17, 15) is 13.2 Å². The van der Waals surface area contributed by atoms with Crippen molar-refractivity contribution in [3.8, 4) is 5.75 Å². The number of hydrogen-bond acceptors (Lipinski definition) is 8. The molecule has 2 aromatic heterocycles. The van der Waals surface area contributed by atoms with Crippen LogP contribution in [0, 0.1) is 0 Å². The van der Waals surface area contributed by atoms with E-state index in [1.54, 1.807) is 37.6 Å². The predicted octanol–water partition coefficient (Wildman–Crippen LogP) is 3.22. The van der Waals surface area contributed by atoms with E-state index in [0.29, 0.717) is 22.4 Å². The monoisotopic (exact) mass is 416 g/mol. The number of aromatic nitrogens is 2. The van der Waals surface area contributed by atoms with E-state index in [0.717, 1.165) is 11.1 Å². The molecule has 3 aromatic rings. The molecule has 28 heavy (non-hydrogen) atoms. The number of cyclic esters (lactones) is 1. The first kappa shape index (κ1) is 18.6. The van der Waals surface area contributed by atoms with Crippen LogP contribution in [0.4, 0.5) is 0 Å². The van der Waals surface area contributed by atoms with Gasteiger partial charge in [-0.15, -0.1) is 11.3 Å². The SMILES string of the molecule is CC1(C)OC(=O)C(Oc2cnc3scnc3c2)=C1c1ccc(S(C)(=O)=O)cc1. The fourth-order valence-corrected chi connectivity index (χ4v) is 4.30. The van der Waals surface area contributed by atoms with Crippen LogP contribution in [-0.4, -0.2) is 36.2 Å². The second-order valence-electron chi connectivity index (χ2n) is 6.85. The van der Waals surface area contributed by atoms with Crippen molar-refractivity contribution in [2.75, 3.05) is 6.26 Å².